The van der Waals surface area contributed by atoms with Crippen LogP contribution in [-0.4, -0.2) is 50.6 Å². The summed E-state index contributed by atoms with van der Waals surface area (Å²) in [5.41, 5.74) is 2.61. The van der Waals surface area contributed by atoms with Gasteiger partial charge in [-0.3, -0.25) is 9.36 Å². The molecule has 2 aromatic heterocycles. The number of hydrogen-bond donors (Lipinski definition) is 1. The van der Waals surface area contributed by atoms with Gasteiger partial charge in [-0.1, -0.05) is 30.0 Å². The van der Waals surface area contributed by atoms with Crippen molar-refractivity contribution in [2.75, 3.05) is 13.7 Å². The minimum Gasteiger partial charge on any atom is -0.497 e. The lowest BCUT2D eigenvalue weighted by Gasteiger charge is -2.16. The number of ketones is 1. The number of hydrogen-bond acceptors (Lipinski definition) is 6. The summed E-state index contributed by atoms with van der Waals surface area (Å²) in [5.74, 6) is 1.62. The number of nitrogens with zero attached hydrogens (tertiary/aromatic N) is 3. The van der Waals surface area contributed by atoms with Gasteiger partial charge in [0.05, 0.1) is 25.0 Å². The number of Topliss-reactive ketones (excluding diaryl/α,β-unsaturated/α-hetero) is 1. The van der Waals surface area contributed by atoms with Crippen LogP contribution in [-0.2, 0) is 11.3 Å². The molecule has 1 N–H and O–H groups in total. The summed E-state index contributed by atoms with van der Waals surface area (Å²) in [6.45, 7) is 3.36. The molecule has 1 aliphatic heterocycles. The number of aromatic amines is 1. The number of carbonyl (C=O) groups is 1. The van der Waals surface area contributed by atoms with Crippen LogP contribution in [0, 0.1) is 0 Å². The van der Waals surface area contributed by atoms with Crippen molar-refractivity contribution in [3.05, 3.63) is 60.3 Å². The molecule has 2 atom stereocenters. The van der Waals surface area contributed by atoms with Crippen molar-refractivity contribution in [3.63, 3.8) is 0 Å². The van der Waals surface area contributed by atoms with Gasteiger partial charge >= 0.3 is 0 Å². The van der Waals surface area contributed by atoms with Crippen LogP contribution in [0.15, 0.2) is 59.9 Å². The summed E-state index contributed by atoms with van der Waals surface area (Å²) in [7, 11) is 1.65. The van der Waals surface area contributed by atoms with E-state index in [9.17, 15) is 4.79 Å². The van der Waals surface area contributed by atoms with Crippen LogP contribution in [0.25, 0.3) is 22.3 Å². The fraction of sp³-hybridized carbons (Fsp3) is 0.320. The van der Waals surface area contributed by atoms with E-state index < -0.39 is 0 Å². The number of ether oxygens (including phenoxy) is 2. The molecular weight excluding hydrogens is 436 g/mol. The fourth-order valence-corrected chi connectivity index (χ4v) is 5.12. The molecule has 0 amide bonds. The summed E-state index contributed by atoms with van der Waals surface area (Å²) >= 11 is 1.44. The molecule has 7 nitrogen and oxygen atoms in total. The van der Waals surface area contributed by atoms with Crippen LogP contribution in [0.2, 0.25) is 0 Å². The quantitative estimate of drug-likeness (QED) is 0.294. The highest BCUT2D eigenvalue weighted by Gasteiger charge is 2.26. The molecule has 1 saturated heterocycles. The lowest BCUT2D eigenvalue weighted by molar-refractivity contribution is 0.0953. The number of benzene rings is 2. The number of nitrogens with one attached hydrogen (secondary N) is 1. The van der Waals surface area contributed by atoms with Gasteiger partial charge in [-0.05, 0) is 50.1 Å². The van der Waals surface area contributed by atoms with Crippen molar-refractivity contribution in [1.29, 1.82) is 0 Å². The number of H-pyrrole nitrogens is 1. The number of thioether (sulfide) groups is 1. The van der Waals surface area contributed by atoms with Gasteiger partial charge in [-0.15, -0.1) is 10.2 Å². The highest BCUT2D eigenvalue weighted by atomic mass is 32.2. The topological polar surface area (TPSA) is 82.0 Å². The van der Waals surface area contributed by atoms with Crippen LogP contribution in [0.4, 0.5) is 0 Å². The van der Waals surface area contributed by atoms with E-state index in [1.807, 2.05) is 55.5 Å². The van der Waals surface area contributed by atoms with Gasteiger partial charge in [0.2, 0.25) is 0 Å². The van der Waals surface area contributed by atoms with Crippen molar-refractivity contribution in [2.45, 2.75) is 42.8 Å². The van der Waals surface area contributed by atoms with Gasteiger partial charge in [0, 0.05) is 34.8 Å². The molecule has 0 saturated carbocycles. The standard InChI is InChI=1S/C25H26N4O3S/c1-16(23(30)21-14-26-22-8-4-3-7-20(21)22)33-25-28-27-24(17-9-11-18(31-2)12-10-17)29(25)15-19-6-5-13-32-19/h3-4,7-12,14,16,19,26H,5-6,13,15H2,1-2H3/t16-,19-/m1/s1. The van der Waals surface area contributed by atoms with Crippen molar-refractivity contribution in [2.24, 2.45) is 0 Å². The van der Waals surface area contributed by atoms with E-state index in [1.165, 1.54) is 11.8 Å². The monoisotopic (exact) mass is 462 g/mol. The number of carbonyl (C=O) groups excluding carboxylic acids is 1. The van der Waals surface area contributed by atoms with Crippen molar-refractivity contribution in [1.82, 2.24) is 19.7 Å². The largest absolute Gasteiger partial charge is 0.497 e. The average molecular weight is 463 g/mol. The summed E-state index contributed by atoms with van der Waals surface area (Å²) < 4.78 is 13.3. The first-order chi connectivity index (χ1) is 16.1. The molecule has 1 aliphatic rings. The van der Waals surface area contributed by atoms with E-state index in [4.69, 9.17) is 9.47 Å². The Morgan fingerprint density at radius 1 is 1.24 bits per heavy atom. The number of fused-ring (bicyclic) bond motifs is 1. The second kappa shape index (κ2) is 9.41. The van der Waals surface area contributed by atoms with E-state index in [-0.39, 0.29) is 17.1 Å². The smallest absolute Gasteiger partial charge is 0.192 e. The minimum absolute atomic E-state index is 0.0649. The van der Waals surface area contributed by atoms with Gasteiger partial charge in [-0.2, -0.15) is 0 Å². The maximum Gasteiger partial charge on any atom is 0.192 e. The highest BCUT2D eigenvalue weighted by molar-refractivity contribution is 8.00. The third-order valence-corrected chi connectivity index (χ3v) is 7.06. The predicted octanol–water partition coefficient (Wildman–Crippen LogP) is 4.98. The molecule has 33 heavy (non-hydrogen) atoms. The first-order valence-corrected chi connectivity index (χ1v) is 12.0. The Kier molecular flexibility index (Phi) is 6.20. The van der Waals surface area contributed by atoms with Gasteiger partial charge in [0.15, 0.2) is 16.8 Å². The molecule has 8 heteroatoms. The first-order valence-electron chi connectivity index (χ1n) is 11.1. The molecule has 0 unspecified atom stereocenters. The van der Waals surface area contributed by atoms with Crippen molar-refractivity contribution < 1.29 is 14.3 Å². The molecule has 3 heterocycles. The summed E-state index contributed by atoms with van der Waals surface area (Å²) in [4.78, 5) is 16.5. The zero-order valence-electron chi connectivity index (χ0n) is 18.7. The lowest BCUT2D eigenvalue weighted by atomic mass is 10.1. The predicted molar refractivity (Wildman–Crippen MR) is 129 cm³/mol. The van der Waals surface area contributed by atoms with Gasteiger partial charge in [0.1, 0.15) is 5.75 Å². The molecule has 0 aliphatic carbocycles. The number of aromatic nitrogens is 4. The number of para-hydroxylation sites is 1. The fourth-order valence-electron chi connectivity index (χ4n) is 4.19. The molecular formula is C25H26N4O3S. The third-order valence-electron chi connectivity index (χ3n) is 5.98. The maximum atomic E-state index is 13.3. The molecule has 5 rings (SSSR count). The van der Waals surface area contributed by atoms with Crippen LogP contribution in [0.5, 0.6) is 5.75 Å². The molecule has 4 aromatic rings. The maximum absolute atomic E-state index is 13.3. The second-order valence-electron chi connectivity index (χ2n) is 8.15. The molecule has 0 spiro atoms. The average Bonchev–Trinajstić information content (AvgIpc) is 3.60. The van der Waals surface area contributed by atoms with Gasteiger partial charge < -0.3 is 14.5 Å². The molecule has 170 valence electrons. The van der Waals surface area contributed by atoms with Crippen LogP contribution >= 0.6 is 11.8 Å². The van der Waals surface area contributed by atoms with E-state index in [2.05, 4.69) is 19.7 Å². The Bertz CT molecular complexity index is 1260. The number of methoxy groups -OCH3 is 1. The van der Waals surface area contributed by atoms with Crippen molar-refractivity contribution in [3.8, 4) is 17.1 Å². The van der Waals surface area contributed by atoms with E-state index in [0.717, 1.165) is 52.6 Å². The van der Waals surface area contributed by atoms with E-state index in [1.54, 1.807) is 13.3 Å². The lowest BCUT2D eigenvalue weighted by Crippen LogP contribution is -2.19. The summed E-state index contributed by atoms with van der Waals surface area (Å²) in [5, 5.41) is 10.3. The molecule has 0 radical (unpaired) electrons. The first kappa shape index (κ1) is 21.7. The van der Waals surface area contributed by atoms with E-state index in [0.29, 0.717) is 12.1 Å². The Balaban J connectivity index is 1.43. The Morgan fingerprint density at radius 2 is 2.06 bits per heavy atom. The summed E-state index contributed by atoms with van der Waals surface area (Å²) in [6.07, 6.45) is 3.98. The van der Waals surface area contributed by atoms with Gasteiger partial charge in [0.25, 0.3) is 0 Å². The Labute approximate surface area is 196 Å². The molecule has 1 fully saturated rings. The normalized spacial score (nSPS) is 16.8. The highest BCUT2D eigenvalue weighted by Crippen LogP contribution is 2.31. The summed E-state index contributed by atoms with van der Waals surface area (Å²) in [6, 6.07) is 15.6. The van der Waals surface area contributed by atoms with Gasteiger partial charge in [-0.25, -0.2) is 0 Å². The van der Waals surface area contributed by atoms with E-state index >= 15 is 0 Å². The second-order valence-corrected chi connectivity index (χ2v) is 9.46. The Hall–Kier alpha value is -3.10. The number of rotatable bonds is 8. The van der Waals surface area contributed by atoms with Crippen molar-refractivity contribution >= 4 is 28.4 Å². The van der Waals surface area contributed by atoms with Crippen LogP contribution in [0.3, 0.4) is 0 Å². The third kappa shape index (κ3) is 4.41. The van der Waals surface area contributed by atoms with Crippen LogP contribution < -0.4 is 4.74 Å². The minimum atomic E-state index is -0.319. The van der Waals surface area contributed by atoms with Crippen LogP contribution in [0.1, 0.15) is 30.1 Å². The SMILES string of the molecule is COc1ccc(-c2nnc(S[C@H](C)C(=O)c3c[nH]c4ccccc34)n2C[C@H]2CCCO2)cc1. The molecule has 0 bridgehead atoms. The zero-order chi connectivity index (χ0) is 22.8. The Morgan fingerprint density at radius 3 is 2.82 bits per heavy atom. The zero-order valence-corrected chi connectivity index (χ0v) is 19.5. The molecule has 2 aromatic carbocycles.